The first-order valence-corrected chi connectivity index (χ1v) is 13.8. The average molecular weight is 643 g/mol. The predicted octanol–water partition coefficient (Wildman–Crippen LogP) is 6.35. The molecule has 0 heterocycles. The lowest BCUT2D eigenvalue weighted by atomic mass is 9.96. The lowest BCUT2D eigenvalue weighted by Crippen LogP contribution is -2.42. The number of alkyl halides is 6. The minimum atomic E-state index is -4.52. The van der Waals surface area contributed by atoms with Crippen molar-refractivity contribution in [3.63, 3.8) is 0 Å². The topological polar surface area (TPSA) is 113 Å². The highest BCUT2D eigenvalue weighted by Gasteiger charge is 2.31. The number of nitrogens with two attached hydrogens (primary N) is 1. The van der Waals surface area contributed by atoms with Gasteiger partial charge in [-0.1, -0.05) is 48.5 Å². The van der Waals surface area contributed by atoms with Gasteiger partial charge in [-0.3, -0.25) is 14.4 Å². The van der Waals surface area contributed by atoms with Gasteiger partial charge in [0.25, 0.3) is 5.91 Å². The molecule has 7 nitrogen and oxygen atoms in total. The van der Waals surface area contributed by atoms with Gasteiger partial charge in [-0.05, 0) is 71.6 Å². The van der Waals surface area contributed by atoms with E-state index in [1.54, 1.807) is 36.4 Å². The van der Waals surface area contributed by atoms with E-state index >= 15 is 0 Å². The highest BCUT2D eigenvalue weighted by Crippen LogP contribution is 2.30. The molecule has 0 spiro atoms. The van der Waals surface area contributed by atoms with E-state index in [1.807, 2.05) is 0 Å². The van der Waals surface area contributed by atoms with Crippen molar-refractivity contribution in [2.45, 2.75) is 31.9 Å². The Morgan fingerprint density at radius 3 is 1.48 bits per heavy atom. The van der Waals surface area contributed by atoms with Gasteiger partial charge in [0.15, 0.2) is 0 Å². The Morgan fingerprint density at radius 1 is 0.609 bits per heavy atom. The summed E-state index contributed by atoms with van der Waals surface area (Å²) in [4.78, 5) is 39.1. The summed E-state index contributed by atoms with van der Waals surface area (Å²) in [5.41, 5.74) is 6.47. The average Bonchev–Trinajstić information content (AvgIpc) is 3.02. The van der Waals surface area contributed by atoms with E-state index in [0.717, 1.165) is 24.3 Å². The maximum absolute atomic E-state index is 13.2. The summed E-state index contributed by atoms with van der Waals surface area (Å²) in [7, 11) is 0. The van der Waals surface area contributed by atoms with Crippen LogP contribution in [0, 0.1) is 5.92 Å². The second-order valence-corrected chi connectivity index (χ2v) is 10.3. The van der Waals surface area contributed by atoms with Crippen molar-refractivity contribution in [3.8, 4) is 0 Å². The largest absolute Gasteiger partial charge is 0.416 e. The number of hydrogen-bond donors (Lipinski definition) is 4. The van der Waals surface area contributed by atoms with Crippen LogP contribution >= 0.6 is 0 Å². The summed E-state index contributed by atoms with van der Waals surface area (Å²) < 4.78 is 77.4. The molecule has 0 radical (unpaired) electrons. The summed E-state index contributed by atoms with van der Waals surface area (Å²) >= 11 is 0. The maximum atomic E-state index is 13.2. The van der Waals surface area contributed by atoms with E-state index in [0.29, 0.717) is 28.1 Å². The van der Waals surface area contributed by atoms with E-state index in [2.05, 4.69) is 16.0 Å². The summed E-state index contributed by atoms with van der Waals surface area (Å²) in [6, 6.07) is 21.1. The van der Waals surface area contributed by atoms with Crippen molar-refractivity contribution in [2.24, 2.45) is 5.92 Å². The fraction of sp³-hybridized carbons (Fsp3) is 0.182. The van der Waals surface area contributed by atoms with Crippen LogP contribution in [0.3, 0.4) is 0 Å². The molecule has 4 aromatic rings. The monoisotopic (exact) mass is 642 g/mol. The summed E-state index contributed by atoms with van der Waals surface area (Å²) in [5, 5.41) is 7.82. The molecular weight excluding hydrogens is 614 g/mol. The fourth-order valence-electron chi connectivity index (χ4n) is 4.39. The molecule has 0 fully saturated rings. The zero-order valence-electron chi connectivity index (χ0n) is 24.0. The normalized spacial score (nSPS) is 11.6. The van der Waals surface area contributed by atoms with Crippen molar-refractivity contribution in [3.05, 3.63) is 130 Å². The van der Waals surface area contributed by atoms with Gasteiger partial charge in [0, 0.05) is 18.7 Å². The van der Waals surface area contributed by atoms with Gasteiger partial charge in [0.2, 0.25) is 11.8 Å². The number of anilines is 2. The molecule has 0 bridgehead atoms. The third-order valence-electron chi connectivity index (χ3n) is 6.99. The van der Waals surface area contributed by atoms with Crippen LogP contribution in [0.15, 0.2) is 97.1 Å². The zero-order valence-corrected chi connectivity index (χ0v) is 24.0. The number of hydrogen-bond acceptors (Lipinski definition) is 4. The number of benzene rings is 4. The van der Waals surface area contributed by atoms with Gasteiger partial charge >= 0.3 is 12.4 Å². The first kappa shape index (κ1) is 33.6. The van der Waals surface area contributed by atoms with Gasteiger partial charge in [0.05, 0.1) is 22.5 Å². The smallest absolute Gasteiger partial charge is 0.397 e. The zero-order chi connectivity index (χ0) is 33.5. The van der Waals surface area contributed by atoms with Crippen molar-refractivity contribution < 1.29 is 40.7 Å². The molecule has 0 aliphatic heterocycles. The van der Waals surface area contributed by atoms with Crippen molar-refractivity contribution in [1.82, 2.24) is 10.6 Å². The van der Waals surface area contributed by atoms with Crippen LogP contribution in [0.1, 0.15) is 38.2 Å². The van der Waals surface area contributed by atoms with E-state index in [9.17, 15) is 40.7 Å². The van der Waals surface area contributed by atoms with Gasteiger partial charge in [-0.15, -0.1) is 0 Å². The van der Waals surface area contributed by atoms with Crippen LogP contribution < -0.4 is 21.7 Å². The molecular formula is C33H28F6N4O3. The number of nitrogen functional groups attached to an aromatic ring is 1. The Morgan fingerprint density at radius 2 is 1.04 bits per heavy atom. The number of nitrogens with one attached hydrogen (secondary N) is 3. The van der Waals surface area contributed by atoms with Crippen molar-refractivity contribution >= 4 is 29.1 Å². The first-order chi connectivity index (χ1) is 21.7. The highest BCUT2D eigenvalue weighted by molar-refractivity contribution is 6.05. The summed E-state index contributed by atoms with van der Waals surface area (Å²) in [5.74, 6) is -3.23. The number of carbonyl (C=O) groups excluding carboxylic acids is 3. The SMILES string of the molecule is Nc1ccccc1NC(=O)c1ccc(CC(C(=O)NCc2ccc(C(F)(F)F)cc2)C(=O)NCc2ccc(C(F)(F)F)cc2)cc1. The van der Waals surface area contributed by atoms with E-state index < -0.39 is 47.1 Å². The molecule has 3 amide bonds. The highest BCUT2D eigenvalue weighted by atomic mass is 19.4. The van der Waals surface area contributed by atoms with Crippen LogP contribution in [0.2, 0.25) is 0 Å². The van der Waals surface area contributed by atoms with E-state index in [1.165, 1.54) is 36.4 Å². The van der Waals surface area contributed by atoms with Crippen molar-refractivity contribution in [1.29, 1.82) is 0 Å². The number of halogens is 6. The number of rotatable bonds is 10. The van der Waals surface area contributed by atoms with Crippen LogP contribution in [-0.4, -0.2) is 17.7 Å². The number of para-hydroxylation sites is 2. The fourth-order valence-corrected chi connectivity index (χ4v) is 4.39. The molecule has 4 aromatic carbocycles. The van der Waals surface area contributed by atoms with Crippen LogP contribution in [-0.2, 0) is 41.5 Å². The third kappa shape index (κ3) is 9.10. The Kier molecular flexibility index (Phi) is 10.3. The summed E-state index contributed by atoms with van der Waals surface area (Å²) in [6.45, 7) is -0.331. The minimum Gasteiger partial charge on any atom is -0.397 e. The van der Waals surface area contributed by atoms with Crippen LogP contribution in [0.25, 0.3) is 0 Å². The molecule has 13 heteroatoms. The van der Waals surface area contributed by atoms with Crippen LogP contribution in [0.4, 0.5) is 37.7 Å². The van der Waals surface area contributed by atoms with Gasteiger partial charge < -0.3 is 21.7 Å². The molecule has 5 N–H and O–H groups in total. The van der Waals surface area contributed by atoms with Crippen molar-refractivity contribution in [2.75, 3.05) is 11.1 Å². The van der Waals surface area contributed by atoms with E-state index in [4.69, 9.17) is 5.73 Å². The minimum absolute atomic E-state index is 0.120. The Labute approximate surface area is 259 Å². The third-order valence-corrected chi connectivity index (χ3v) is 6.99. The molecule has 0 aliphatic rings. The first-order valence-electron chi connectivity index (χ1n) is 13.8. The second kappa shape index (κ2) is 14.2. The van der Waals surface area contributed by atoms with Gasteiger partial charge in [-0.2, -0.15) is 26.3 Å². The molecule has 0 aromatic heterocycles. The molecule has 240 valence electrons. The predicted molar refractivity (Wildman–Crippen MR) is 159 cm³/mol. The van der Waals surface area contributed by atoms with E-state index in [-0.39, 0.29) is 25.1 Å². The molecule has 46 heavy (non-hydrogen) atoms. The number of amides is 3. The lowest BCUT2D eigenvalue weighted by Gasteiger charge is -2.18. The molecule has 0 atom stereocenters. The van der Waals surface area contributed by atoms with Gasteiger partial charge in [0.1, 0.15) is 5.92 Å². The maximum Gasteiger partial charge on any atom is 0.416 e. The number of carbonyl (C=O) groups is 3. The molecule has 0 saturated carbocycles. The lowest BCUT2D eigenvalue weighted by molar-refractivity contribution is -0.138. The summed E-state index contributed by atoms with van der Waals surface area (Å²) in [6.07, 6.45) is -9.17. The molecule has 0 aliphatic carbocycles. The Bertz CT molecular complexity index is 1600. The Hall–Kier alpha value is -5.33. The van der Waals surface area contributed by atoms with Crippen LogP contribution in [0.5, 0.6) is 0 Å². The quantitative estimate of drug-likeness (QED) is 0.0918. The standard InChI is InChI=1S/C33H28F6N4O3/c34-32(35,36)24-13-7-21(8-14-24)18-41-30(45)26(31(46)42-19-22-9-15-25(16-10-22)33(37,38)39)17-20-5-11-23(12-6-20)29(44)43-28-4-2-1-3-27(28)40/h1-16,26H,17-19,40H2,(H,41,45)(H,42,46)(H,43,44). The molecule has 4 rings (SSSR count). The Balaban J connectivity index is 1.46. The molecule has 0 unspecified atom stereocenters. The van der Waals surface area contributed by atoms with Gasteiger partial charge in [-0.25, -0.2) is 0 Å². The second-order valence-electron chi connectivity index (χ2n) is 10.3. The molecule has 0 saturated heterocycles.